The van der Waals surface area contributed by atoms with E-state index in [4.69, 9.17) is 9.47 Å². The number of amides is 4. The van der Waals surface area contributed by atoms with E-state index in [1.165, 1.54) is 0 Å². The van der Waals surface area contributed by atoms with Crippen LogP contribution in [-0.4, -0.2) is 144 Å². The summed E-state index contributed by atoms with van der Waals surface area (Å²) in [4.78, 5) is 25.1. The fraction of sp³-hybridized carbons (Fsp3) is 0.953. The van der Waals surface area contributed by atoms with Crippen LogP contribution in [0.1, 0.15) is 142 Å². The fourth-order valence-corrected chi connectivity index (χ4v) is 13.6. The number of carbonyl (C=O) groups excluding carboxylic acids is 2. The highest BCUT2D eigenvalue weighted by atomic mass is 32.2. The van der Waals surface area contributed by atoms with Crippen LogP contribution in [0.4, 0.5) is 9.59 Å². The van der Waals surface area contributed by atoms with Crippen LogP contribution in [0.3, 0.4) is 0 Å². The van der Waals surface area contributed by atoms with Crippen molar-refractivity contribution in [2.45, 2.75) is 215 Å². The summed E-state index contributed by atoms with van der Waals surface area (Å²) in [7, 11) is -8.14. The van der Waals surface area contributed by atoms with Crippen molar-refractivity contribution in [3.63, 3.8) is 0 Å². The number of urea groups is 2. The molecule has 4 aliphatic carbocycles. The molecular formula is C43H76N4O14S2. The van der Waals surface area contributed by atoms with Gasteiger partial charge in [0.1, 0.15) is 36.6 Å². The molecule has 6 fully saturated rings. The Bertz CT molecular complexity index is 1710. The van der Waals surface area contributed by atoms with Crippen LogP contribution in [0.2, 0.25) is 0 Å². The van der Waals surface area contributed by atoms with Gasteiger partial charge in [-0.25, -0.2) is 35.9 Å². The summed E-state index contributed by atoms with van der Waals surface area (Å²) in [6, 6.07) is -1.85. The van der Waals surface area contributed by atoms with Gasteiger partial charge in [0.15, 0.2) is 0 Å². The van der Waals surface area contributed by atoms with Gasteiger partial charge in [-0.1, -0.05) is 71.1 Å². The Labute approximate surface area is 373 Å². The number of aliphatic hydroxyl groups excluding tert-OH is 6. The second-order valence-electron chi connectivity index (χ2n) is 19.9. The van der Waals surface area contributed by atoms with Gasteiger partial charge in [0.25, 0.3) is 0 Å². The van der Waals surface area contributed by atoms with E-state index in [2.05, 4.69) is 22.3 Å². The first kappa shape index (κ1) is 50.5. The summed E-state index contributed by atoms with van der Waals surface area (Å²) in [6.07, 6.45) is 4.47. The van der Waals surface area contributed by atoms with Gasteiger partial charge in [0.05, 0.1) is 35.9 Å². The van der Waals surface area contributed by atoms with Crippen LogP contribution in [0.15, 0.2) is 0 Å². The van der Waals surface area contributed by atoms with Crippen LogP contribution < -0.4 is 20.1 Å². The predicted octanol–water partition coefficient (Wildman–Crippen LogP) is 2.03. The summed E-state index contributed by atoms with van der Waals surface area (Å²) in [5.41, 5.74) is 0. The van der Waals surface area contributed by atoms with E-state index in [1.54, 1.807) is 0 Å². The molecule has 6 rings (SSSR count). The number of hydrogen-bond donors (Lipinski definition) is 10. The monoisotopic (exact) mass is 936 g/mol. The maximum Gasteiger partial charge on any atom is 0.328 e. The normalized spacial score (nSPS) is 39.2. The average molecular weight is 937 g/mol. The molecule has 16 atom stereocenters. The van der Waals surface area contributed by atoms with Gasteiger partial charge in [-0.2, -0.15) is 0 Å². The summed E-state index contributed by atoms with van der Waals surface area (Å²) >= 11 is 0. The van der Waals surface area contributed by atoms with Crippen molar-refractivity contribution in [3.8, 4) is 0 Å². The zero-order valence-corrected chi connectivity index (χ0v) is 38.5. The Hall–Kier alpha value is -1.88. The van der Waals surface area contributed by atoms with Crippen molar-refractivity contribution in [3.05, 3.63) is 0 Å². The Morgan fingerprint density at radius 3 is 1.67 bits per heavy atom. The molecule has 0 bridgehead atoms. The second kappa shape index (κ2) is 22.7. The molecule has 0 aromatic heterocycles. The summed E-state index contributed by atoms with van der Waals surface area (Å²) in [5.74, 6) is 0.557. The number of aliphatic hydroxyl groups is 6. The van der Waals surface area contributed by atoms with Crippen LogP contribution >= 0.6 is 0 Å². The van der Waals surface area contributed by atoms with Crippen molar-refractivity contribution in [1.82, 2.24) is 20.1 Å². The molecule has 4 amide bonds. The Balaban J connectivity index is 0.866. The molecule has 0 aromatic carbocycles. The van der Waals surface area contributed by atoms with Gasteiger partial charge in [0, 0.05) is 12.1 Å². The van der Waals surface area contributed by atoms with Crippen LogP contribution in [0, 0.1) is 29.6 Å². The van der Waals surface area contributed by atoms with E-state index in [-0.39, 0.29) is 30.8 Å². The van der Waals surface area contributed by atoms with Crippen LogP contribution in [0.25, 0.3) is 0 Å². The van der Waals surface area contributed by atoms with Gasteiger partial charge in [0.2, 0.25) is 20.0 Å². The van der Waals surface area contributed by atoms with E-state index in [1.807, 2.05) is 4.72 Å². The van der Waals surface area contributed by atoms with Gasteiger partial charge in [-0.05, 0) is 100 Å². The summed E-state index contributed by atoms with van der Waals surface area (Å²) in [5, 5.41) is 69.5. The highest BCUT2D eigenvalue weighted by Gasteiger charge is 2.48. The summed E-state index contributed by atoms with van der Waals surface area (Å²) < 4.78 is 67.5. The van der Waals surface area contributed by atoms with Gasteiger partial charge >= 0.3 is 12.1 Å². The first-order valence-electron chi connectivity index (χ1n) is 23.9. The largest absolute Gasteiger partial charge is 0.388 e. The quantitative estimate of drug-likeness (QED) is 0.0942. The van der Waals surface area contributed by atoms with E-state index in [9.17, 15) is 57.1 Å². The third kappa shape index (κ3) is 14.3. The molecule has 364 valence electrons. The lowest BCUT2D eigenvalue weighted by atomic mass is 9.85. The Morgan fingerprint density at radius 1 is 0.524 bits per heavy atom. The molecule has 20 heteroatoms. The van der Waals surface area contributed by atoms with E-state index in [0.29, 0.717) is 42.9 Å². The number of rotatable bonds is 18. The molecule has 2 heterocycles. The molecule has 6 aliphatic rings. The topological polar surface area (TPSA) is 290 Å². The number of nitrogens with one attached hydrogen (secondary N) is 4. The molecule has 0 radical (unpaired) electrons. The number of ether oxygens (including phenoxy) is 2. The smallest absolute Gasteiger partial charge is 0.328 e. The number of carbonyl (C=O) groups is 2. The maximum atomic E-state index is 12.9. The fourth-order valence-electron chi connectivity index (χ4n) is 11.6. The molecule has 18 nitrogen and oxygen atoms in total. The molecule has 2 saturated heterocycles. The van der Waals surface area contributed by atoms with Crippen LogP contribution in [0.5, 0.6) is 0 Å². The van der Waals surface area contributed by atoms with Crippen LogP contribution in [-0.2, 0) is 29.5 Å². The van der Waals surface area contributed by atoms with Crippen molar-refractivity contribution < 1.29 is 66.5 Å². The number of sulfonamides is 2. The maximum absolute atomic E-state index is 12.9. The van der Waals surface area contributed by atoms with E-state index in [0.717, 1.165) is 103 Å². The molecule has 63 heavy (non-hydrogen) atoms. The molecular weight excluding hydrogens is 861 g/mol. The summed E-state index contributed by atoms with van der Waals surface area (Å²) in [6.45, 7) is 2.15. The zero-order valence-electron chi connectivity index (χ0n) is 36.8. The molecule has 0 aromatic rings. The molecule has 0 spiro atoms. The second-order valence-corrected chi connectivity index (χ2v) is 23.6. The molecule has 8 unspecified atom stereocenters. The third-order valence-electron chi connectivity index (χ3n) is 15.3. The third-order valence-corrected chi connectivity index (χ3v) is 17.8. The Morgan fingerprint density at radius 2 is 1.05 bits per heavy atom. The highest BCUT2D eigenvalue weighted by molar-refractivity contribution is 7.90. The Kier molecular flexibility index (Phi) is 18.2. The lowest BCUT2D eigenvalue weighted by Gasteiger charge is -2.43. The minimum atomic E-state index is -4.09. The lowest BCUT2D eigenvalue weighted by molar-refractivity contribution is -0.234. The van der Waals surface area contributed by atoms with Gasteiger partial charge in [-0.15, -0.1) is 0 Å². The van der Waals surface area contributed by atoms with Crippen molar-refractivity contribution >= 4 is 32.1 Å². The first-order valence-corrected chi connectivity index (χ1v) is 27.2. The zero-order chi connectivity index (χ0) is 45.5. The minimum Gasteiger partial charge on any atom is -0.388 e. The minimum absolute atomic E-state index is 0.0692. The molecule has 2 aliphatic heterocycles. The van der Waals surface area contributed by atoms with Crippen molar-refractivity contribution in [1.29, 1.82) is 0 Å². The van der Waals surface area contributed by atoms with E-state index >= 15 is 0 Å². The van der Waals surface area contributed by atoms with Gasteiger partial charge in [-0.3, -0.25) is 0 Å². The SMILES string of the molecule is CCC1CCC(CC2O[C@H](CCS(=O)(=O)NC(=O)NC3CCC(CCCC4CCC(C5O[C@H](CCS(=O)(=O)NC(=O)NC6CCCCC6)[C@@H](O)[C@H](O)[C@@H]5O)C4)C3)[C@@H](O)[C@H](O)[C@@H]2O)C1. The average Bonchev–Trinajstić information content (AvgIpc) is 4.01. The molecule has 10 N–H and O–H groups in total. The lowest BCUT2D eigenvalue weighted by Crippen LogP contribution is -2.59. The van der Waals surface area contributed by atoms with E-state index < -0.39 is 105 Å². The molecule has 4 saturated carbocycles. The highest BCUT2D eigenvalue weighted by Crippen LogP contribution is 2.42. The predicted molar refractivity (Wildman–Crippen MR) is 232 cm³/mol. The van der Waals surface area contributed by atoms with Crippen molar-refractivity contribution in [2.75, 3.05) is 11.5 Å². The van der Waals surface area contributed by atoms with Crippen molar-refractivity contribution in [2.24, 2.45) is 29.6 Å². The standard InChI is InChI=1S/C43H76N4O14S2/c1-2-25-11-12-28(21-25)24-34-37(50)38(51)35(48)32(60-34)17-19-62(56,57)47-43(55)45-31-16-14-27(23-31)8-6-7-26-13-15-29(22-26)41-40(53)39(52)36(49)33(61-41)18-20-63(58,59)46-42(54)44-30-9-4-3-5-10-30/h25-41,48-53H,2-24H2,1H3,(H2,44,46,54)(H2,45,47,55)/t25?,26?,27?,28?,29?,31?,32-,33-,34?,35-,36-,37-,38+,39+,40+,41?/m1/s1. The van der Waals surface area contributed by atoms with Gasteiger partial charge < -0.3 is 50.7 Å². The number of hydrogen-bond acceptors (Lipinski definition) is 14. The first-order chi connectivity index (χ1) is 29.9.